The van der Waals surface area contributed by atoms with Crippen LogP contribution in [0.4, 0.5) is 0 Å². The Morgan fingerprint density at radius 3 is 2.48 bits per heavy atom. The lowest BCUT2D eigenvalue weighted by atomic mass is 10.00. The number of aliphatic imine (C=N–C) groups is 1. The van der Waals surface area contributed by atoms with Crippen molar-refractivity contribution in [3.05, 3.63) is 0 Å². The summed E-state index contributed by atoms with van der Waals surface area (Å²) in [5.41, 5.74) is 0. The quantitative estimate of drug-likeness (QED) is 0.287. The molecule has 1 aliphatic rings. The third-order valence-electron chi connectivity index (χ3n) is 3.38. The number of nitrogens with one attached hydrogen (secondary N) is 2. The molecule has 8 heteroatoms. The Morgan fingerprint density at radius 1 is 1.33 bits per heavy atom. The third-order valence-corrected chi connectivity index (χ3v) is 4.11. The molecule has 1 fully saturated rings. The van der Waals surface area contributed by atoms with Gasteiger partial charge < -0.3 is 10.2 Å². The fourth-order valence-corrected chi connectivity index (χ4v) is 2.68. The zero-order valence-corrected chi connectivity index (χ0v) is 16.4. The molecule has 0 saturated carbocycles. The van der Waals surface area contributed by atoms with E-state index in [2.05, 4.69) is 33.8 Å². The number of nitrogens with zero attached hydrogens (tertiary/aromatic N) is 2. The van der Waals surface area contributed by atoms with Gasteiger partial charge in [-0.05, 0) is 32.1 Å². The van der Waals surface area contributed by atoms with Gasteiger partial charge in [-0.2, -0.15) is 0 Å². The Morgan fingerprint density at radius 2 is 1.95 bits per heavy atom. The minimum Gasteiger partial charge on any atom is -0.357 e. The highest BCUT2D eigenvalue weighted by molar-refractivity contribution is 14.0. The summed E-state index contributed by atoms with van der Waals surface area (Å²) < 4.78 is 24.4. The van der Waals surface area contributed by atoms with Crippen LogP contribution in [0.2, 0.25) is 0 Å². The van der Waals surface area contributed by atoms with E-state index in [1.54, 1.807) is 0 Å². The standard InChI is InChI=1S/C13H28N4O2S.HI/c1-4-14-13(17-10-6-12(2)7-11-17)15-8-5-9-16-20(3,18)19;/h12,16H,4-11H2,1-3H3,(H,14,15);1H. The summed E-state index contributed by atoms with van der Waals surface area (Å²) in [5, 5.41) is 3.31. The molecule has 0 aromatic carbocycles. The Labute approximate surface area is 146 Å². The second kappa shape index (κ2) is 10.6. The van der Waals surface area contributed by atoms with Crippen LogP contribution in [-0.2, 0) is 10.0 Å². The van der Waals surface area contributed by atoms with Gasteiger partial charge in [-0.1, -0.05) is 6.92 Å². The molecule has 0 aromatic rings. The second-order valence-electron chi connectivity index (χ2n) is 5.43. The molecule has 1 rings (SSSR count). The molecule has 0 aromatic heterocycles. The van der Waals surface area contributed by atoms with Gasteiger partial charge in [0.25, 0.3) is 0 Å². The van der Waals surface area contributed by atoms with Crippen molar-refractivity contribution in [3.8, 4) is 0 Å². The summed E-state index contributed by atoms with van der Waals surface area (Å²) in [7, 11) is -3.09. The zero-order valence-electron chi connectivity index (χ0n) is 13.3. The van der Waals surface area contributed by atoms with E-state index in [1.807, 2.05) is 0 Å². The largest absolute Gasteiger partial charge is 0.357 e. The SMILES string of the molecule is CCNC(=NCCCNS(C)(=O)=O)N1CCC(C)CC1.I. The molecule has 126 valence electrons. The average Bonchev–Trinajstić information content (AvgIpc) is 2.37. The molecular formula is C13H29IN4O2S. The minimum atomic E-state index is -3.09. The summed E-state index contributed by atoms with van der Waals surface area (Å²) in [5.74, 6) is 1.76. The van der Waals surface area contributed by atoms with Crippen LogP contribution in [0.15, 0.2) is 4.99 Å². The molecule has 0 atom stereocenters. The maximum Gasteiger partial charge on any atom is 0.208 e. The number of likely N-dealkylation sites (tertiary alicyclic amines) is 1. The number of piperidine rings is 1. The number of guanidine groups is 1. The maximum atomic E-state index is 10.9. The fraction of sp³-hybridized carbons (Fsp3) is 0.923. The van der Waals surface area contributed by atoms with Gasteiger partial charge in [0, 0.05) is 32.7 Å². The highest BCUT2D eigenvalue weighted by Gasteiger charge is 2.18. The van der Waals surface area contributed by atoms with Crippen LogP contribution >= 0.6 is 24.0 Å². The first-order valence-electron chi connectivity index (χ1n) is 7.40. The molecule has 1 saturated heterocycles. The van der Waals surface area contributed by atoms with E-state index in [1.165, 1.54) is 19.1 Å². The molecule has 0 radical (unpaired) electrons. The number of hydrogen-bond acceptors (Lipinski definition) is 3. The average molecular weight is 432 g/mol. The van der Waals surface area contributed by atoms with E-state index in [-0.39, 0.29) is 24.0 Å². The van der Waals surface area contributed by atoms with Crippen molar-refractivity contribution < 1.29 is 8.42 Å². The van der Waals surface area contributed by atoms with E-state index < -0.39 is 10.0 Å². The highest BCUT2D eigenvalue weighted by atomic mass is 127. The topological polar surface area (TPSA) is 73.8 Å². The van der Waals surface area contributed by atoms with Crippen molar-refractivity contribution in [2.45, 2.75) is 33.1 Å². The van der Waals surface area contributed by atoms with Crippen molar-refractivity contribution in [2.24, 2.45) is 10.9 Å². The van der Waals surface area contributed by atoms with Gasteiger partial charge in [0.1, 0.15) is 0 Å². The Bertz CT molecular complexity index is 406. The first kappa shape index (κ1) is 20.9. The van der Waals surface area contributed by atoms with Crippen molar-refractivity contribution in [3.63, 3.8) is 0 Å². The number of rotatable bonds is 6. The summed E-state index contributed by atoms with van der Waals surface area (Å²) in [6.45, 7) is 8.39. The summed E-state index contributed by atoms with van der Waals surface area (Å²) in [6, 6.07) is 0. The van der Waals surface area contributed by atoms with Crippen molar-refractivity contribution >= 4 is 40.0 Å². The third kappa shape index (κ3) is 9.51. The van der Waals surface area contributed by atoms with E-state index in [0.29, 0.717) is 19.5 Å². The normalized spacial score (nSPS) is 17.5. The molecular weight excluding hydrogens is 403 g/mol. The summed E-state index contributed by atoms with van der Waals surface area (Å²) >= 11 is 0. The van der Waals surface area contributed by atoms with Crippen LogP contribution in [0.3, 0.4) is 0 Å². The number of sulfonamides is 1. The molecule has 21 heavy (non-hydrogen) atoms. The second-order valence-corrected chi connectivity index (χ2v) is 7.26. The molecule has 1 aliphatic heterocycles. The number of hydrogen-bond donors (Lipinski definition) is 2. The highest BCUT2D eigenvalue weighted by Crippen LogP contribution is 2.15. The van der Waals surface area contributed by atoms with E-state index >= 15 is 0 Å². The lowest BCUT2D eigenvalue weighted by Crippen LogP contribution is -2.45. The first-order chi connectivity index (χ1) is 9.42. The minimum absolute atomic E-state index is 0. The molecule has 0 unspecified atom stereocenters. The van der Waals surface area contributed by atoms with Crippen LogP contribution < -0.4 is 10.0 Å². The van der Waals surface area contributed by atoms with Crippen molar-refractivity contribution in [2.75, 3.05) is 39.0 Å². The van der Waals surface area contributed by atoms with Gasteiger partial charge in [0.05, 0.1) is 6.26 Å². The molecule has 0 spiro atoms. The van der Waals surface area contributed by atoms with Crippen molar-refractivity contribution in [1.29, 1.82) is 0 Å². The molecule has 0 aliphatic carbocycles. The van der Waals surface area contributed by atoms with Crippen LogP contribution in [0, 0.1) is 5.92 Å². The number of halogens is 1. The Hall–Kier alpha value is -0.0900. The monoisotopic (exact) mass is 432 g/mol. The van der Waals surface area contributed by atoms with Crippen LogP contribution in [0.25, 0.3) is 0 Å². The lowest BCUT2D eigenvalue weighted by molar-refractivity contribution is 0.273. The Kier molecular flexibility index (Phi) is 10.6. The summed E-state index contributed by atoms with van der Waals surface area (Å²) in [6.07, 6.45) is 4.31. The summed E-state index contributed by atoms with van der Waals surface area (Å²) in [4.78, 5) is 6.88. The lowest BCUT2D eigenvalue weighted by Gasteiger charge is -2.33. The molecule has 1 heterocycles. The van der Waals surface area contributed by atoms with Gasteiger partial charge in [-0.25, -0.2) is 13.1 Å². The Balaban J connectivity index is 0.00000400. The van der Waals surface area contributed by atoms with Crippen LogP contribution in [-0.4, -0.2) is 58.3 Å². The van der Waals surface area contributed by atoms with E-state index in [9.17, 15) is 8.42 Å². The van der Waals surface area contributed by atoms with Gasteiger partial charge in [0.15, 0.2) is 5.96 Å². The maximum absolute atomic E-state index is 10.9. The molecule has 2 N–H and O–H groups in total. The first-order valence-corrected chi connectivity index (χ1v) is 9.29. The van der Waals surface area contributed by atoms with Gasteiger partial charge >= 0.3 is 0 Å². The van der Waals surface area contributed by atoms with Gasteiger partial charge in [-0.3, -0.25) is 4.99 Å². The zero-order chi connectivity index (χ0) is 15.0. The molecule has 0 bridgehead atoms. The smallest absolute Gasteiger partial charge is 0.208 e. The molecule has 6 nitrogen and oxygen atoms in total. The fourth-order valence-electron chi connectivity index (χ4n) is 2.17. The predicted octanol–water partition coefficient (Wildman–Crippen LogP) is 1.24. The van der Waals surface area contributed by atoms with E-state index in [4.69, 9.17) is 0 Å². The van der Waals surface area contributed by atoms with Crippen LogP contribution in [0.5, 0.6) is 0 Å². The van der Waals surface area contributed by atoms with E-state index in [0.717, 1.165) is 31.5 Å². The predicted molar refractivity (Wildman–Crippen MR) is 98.8 cm³/mol. The molecule has 0 amide bonds. The van der Waals surface area contributed by atoms with Gasteiger partial charge in [0.2, 0.25) is 10.0 Å². The van der Waals surface area contributed by atoms with Crippen LogP contribution in [0.1, 0.15) is 33.1 Å². The van der Waals surface area contributed by atoms with Gasteiger partial charge in [-0.15, -0.1) is 24.0 Å². The van der Waals surface area contributed by atoms with Crippen molar-refractivity contribution in [1.82, 2.24) is 14.9 Å².